The molecule has 0 saturated carbocycles. The molecule has 2 heterocycles. The molecule has 0 saturated heterocycles. The molecule has 0 atom stereocenters. The molecule has 0 bridgehead atoms. The second kappa shape index (κ2) is 5.35. The largest absolute Gasteiger partial charge is 0.273 e. The van der Waals surface area contributed by atoms with E-state index >= 15 is 0 Å². The van der Waals surface area contributed by atoms with Gasteiger partial charge in [0.2, 0.25) is 0 Å². The number of H-pyrrole nitrogens is 1. The third-order valence-electron chi connectivity index (χ3n) is 3.10. The van der Waals surface area contributed by atoms with Crippen LogP contribution in [0, 0.1) is 0 Å². The van der Waals surface area contributed by atoms with Gasteiger partial charge in [0, 0.05) is 5.56 Å². The first-order valence-corrected chi connectivity index (χ1v) is 6.84. The predicted octanol–water partition coefficient (Wildman–Crippen LogP) is 2.44. The van der Waals surface area contributed by atoms with Crippen molar-refractivity contribution in [1.82, 2.24) is 14.8 Å². The second-order valence-electron chi connectivity index (χ2n) is 4.46. The Morgan fingerprint density at radius 3 is 2.48 bits per heavy atom. The minimum Gasteiger partial charge on any atom is -0.267 e. The Balaban J connectivity index is 2.15. The number of nitrogens with zero attached hydrogens (tertiary/aromatic N) is 2. The van der Waals surface area contributed by atoms with Gasteiger partial charge in [-0.15, -0.1) is 0 Å². The maximum Gasteiger partial charge on any atom is 0.273 e. The zero-order valence-electron chi connectivity index (χ0n) is 10.6. The second-order valence-corrected chi connectivity index (χ2v) is 5.21. The van der Waals surface area contributed by atoms with Crippen molar-refractivity contribution in [3.8, 4) is 0 Å². The molecule has 1 N–H and O–H groups in total. The van der Waals surface area contributed by atoms with Crippen molar-refractivity contribution in [3.05, 3.63) is 73.0 Å². The Morgan fingerprint density at radius 1 is 1.05 bits per heavy atom. The molecule has 21 heavy (non-hydrogen) atoms. The highest BCUT2D eigenvalue weighted by Crippen LogP contribution is 2.17. The van der Waals surface area contributed by atoms with Crippen LogP contribution in [0.2, 0.25) is 10.3 Å². The minimum absolute atomic E-state index is 0.113. The Kier molecular flexibility index (Phi) is 3.53. The molecule has 0 radical (unpaired) electrons. The van der Waals surface area contributed by atoms with Gasteiger partial charge in [-0.05, 0) is 18.2 Å². The van der Waals surface area contributed by atoms with E-state index in [1.54, 1.807) is 36.4 Å². The number of rotatable bonds is 2. The third-order valence-corrected chi connectivity index (χ3v) is 3.64. The van der Waals surface area contributed by atoms with Crippen LogP contribution >= 0.6 is 23.2 Å². The van der Waals surface area contributed by atoms with Crippen LogP contribution in [0.5, 0.6) is 0 Å². The van der Waals surface area contributed by atoms with Crippen LogP contribution in [-0.2, 0) is 6.54 Å². The van der Waals surface area contributed by atoms with E-state index in [0.717, 1.165) is 0 Å². The van der Waals surface area contributed by atoms with Crippen molar-refractivity contribution in [2.45, 2.75) is 6.54 Å². The molecule has 0 unspecified atom stereocenters. The van der Waals surface area contributed by atoms with Crippen molar-refractivity contribution in [3.63, 3.8) is 0 Å². The summed E-state index contributed by atoms with van der Waals surface area (Å²) in [6, 6.07) is 9.89. The number of aromatic nitrogens is 3. The fourth-order valence-corrected chi connectivity index (χ4v) is 2.49. The van der Waals surface area contributed by atoms with Crippen LogP contribution < -0.4 is 11.1 Å². The number of pyridine rings is 1. The Bertz CT molecular complexity index is 947. The van der Waals surface area contributed by atoms with E-state index in [9.17, 15) is 9.59 Å². The zero-order chi connectivity index (χ0) is 15.0. The first-order valence-electron chi connectivity index (χ1n) is 6.09. The van der Waals surface area contributed by atoms with E-state index in [-0.39, 0.29) is 28.0 Å². The maximum absolute atomic E-state index is 12.4. The van der Waals surface area contributed by atoms with Crippen LogP contribution in [0.15, 0.2) is 46.0 Å². The lowest BCUT2D eigenvalue weighted by atomic mass is 10.2. The summed E-state index contributed by atoms with van der Waals surface area (Å²) in [5.41, 5.74) is -0.0337. The molecule has 3 aromatic rings. The molecule has 0 aliphatic carbocycles. The molecule has 2 aromatic heterocycles. The molecule has 0 aliphatic heterocycles. The van der Waals surface area contributed by atoms with E-state index in [0.29, 0.717) is 16.3 Å². The SMILES string of the molecule is O=c1[nH]n(Cc2ccc(Cl)nc2Cl)c(=O)c2ccccc12. The first kappa shape index (κ1) is 13.9. The van der Waals surface area contributed by atoms with Gasteiger partial charge in [0.1, 0.15) is 10.3 Å². The summed E-state index contributed by atoms with van der Waals surface area (Å²) in [6.45, 7) is 0.113. The summed E-state index contributed by atoms with van der Waals surface area (Å²) in [4.78, 5) is 28.3. The smallest absolute Gasteiger partial charge is 0.267 e. The highest BCUT2D eigenvalue weighted by molar-refractivity contribution is 6.32. The van der Waals surface area contributed by atoms with E-state index in [4.69, 9.17) is 23.2 Å². The van der Waals surface area contributed by atoms with Gasteiger partial charge in [0.05, 0.1) is 17.3 Å². The summed E-state index contributed by atoms with van der Waals surface area (Å²) < 4.78 is 1.21. The Hall–Kier alpha value is -2.11. The number of hydrogen-bond donors (Lipinski definition) is 1. The molecule has 106 valence electrons. The number of benzene rings is 1. The first-order chi connectivity index (χ1) is 10.1. The van der Waals surface area contributed by atoms with Crippen molar-refractivity contribution >= 4 is 34.0 Å². The summed E-state index contributed by atoms with van der Waals surface area (Å²) in [5, 5.41) is 3.72. The normalized spacial score (nSPS) is 11.0. The van der Waals surface area contributed by atoms with Crippen LogP contribution in [0.3, 0.4) is 0 Å². The number of aromatic amines is 1. The van der Waals surface area contributed by atoms with Gasteiger partial charge in [-0.3, -0.25) is 14.7 Å². The van der Waals surface area contributed by atoms with Gasteiger partial charge in [-0.1, -0.05) is 41.4 Å². The van der Waals surface area contributed by atoms with Crippen LogP contribution in [-0.4, -0.2) is 14.8 Å². The van der Waals surface area contributed by atoms with Gasteiger partial charge in [0.15, 0.2) is 0 Å². The molecular formula is C14H9Cl2N3O2. The fraction of sp³-hybridized carbons (Fsp3) is 0.0714. The molecule has 3 rings (SSSR count). The molecule has 5 nitrogen and oxygen atoms in total. The van der Waals surface area contributed by atoms with E-state index in [1.807, 2.05) is 0 Å². The van der Waals surface area contributed by atoms with Gasteiger partial charge >= 0.3 is 0 Å². The number of halogens is 2. The molecule has 0 spiro atoms. The van der Waals surface area contributed by atoms with Crippen LogP contribution in [0.25, 0.3) is 10.8 Å². The average Bonchev–Trinajstić information content (AvgIpc) is 2.47. The van der Waals surface area contributed by atoms with Crippen molar-refractivity contribution in [2.24, 2.45) is 0 Å². The van der Waals surface area contributed by atoms with Crippen molar-refractivity contribution < 1.29 is 0 Å². The summed E-state index contributed by atoms with van der Waals surface area (Å²) in [5.74, 6) is 0. The number of nitrogens with one attached hydrogen (secondary N) is 1. The van der Waals surface area contributed by atoms with Gasteiger partial charge in [0.25, 0.3) is 11.1 Å². The minimum atomic E-state index is -0.330. The predicted molar refractivity (Wildman–Crippen MR) is 82.2 cm³/mol. The highest BCUT2D eigenvalue weighted by atomic mass is 35.5. The average molecular weight is 322 g/mol. The molecule has 1 aromatic carbocycles. The summed E-state index contributed by atoms with van der Waals surface area (Å²) in [6.07, 6.45) is 0. The maximum atomic E-state index is 12.4. The Morgan fingerprint density at radius 2 is 1.76 bits per heavy atom. The monoisotopic (exact) mass is 321 g/mol. The third kappa shape index (κ3) is 2.57. The summed E-state index contributed by atoms with van der Waals surface area (Å²) in [7, 11) is 0. The van der Waals surface area contributed by atoms with Crippen molar-refractivity contribution in [2.75, 3.05) is 0 Å². The molecule has 0 amide bonds. The fourth-order valence-electron chi connectivity index (χ4n) is 2.09. The van der Waals surface area contributed by atoms with Gasteiger partial charge in [-0.25, -0.2) is 9.67 Å². The number of fused-ring (bicyclic) bond motifs is 1. The lowest BCUT2D eigenvalue weighted by Crippen LogP contribution is -2.30. The van der Waals surface area contributed by atoms with Crippen LogP contribution in [0.4, 0.5) is 0 Å². The van der Waals surface area contributed by atoms with Crippen LogP contribution in [0.1, 0.15) is 5.56 Å². The quantitative estimate of drug-likeness (QED) is 0.737. The lowest BCUT2D eigenvalue weighted by molar-refractivity contribution is 0.635. The van der Waals surface area contributed by atoms with E-state index in [1.165, 1.54) is 4.68 Å². The molecule has 0 aliphatic rings. The standard InChI is InChI=1S/C14H9Cl2N3O2/c15-11-6-5-8(12(16)17-11)7-19-14(21)10-4-2-1-3-9(10)13(20)18-19/h1-6H,7H2,(H,18,20). The summed E-state index contributed by atoms with van der Waals surface area (Å²) >= 11 is 11.7. The Labute approximate surface area is 128 Å². The molecular weight excluding hydrogens is 313 g/mol. The zero-order valence-corrected chi connectivity index (χ0v) is 12.1. The number of hydrogen-bond acceptors (Lipinski definition) is 3. The van der Waals surface area contributed by atoms with E-state index in [2.05, 4.69) is 10.1 Å². The topological polar surface area (TPSA) is 67.8 Å². The molecule has 7 heteroatoms. The van der Waals surface area contributed by atoms with Gasteiger partial charge in [-0.2, -0.15) is 0 Å². The lowest BCUT2D eigenvalue weighted by Gasteiger charge is -2.08. The highest BCUT2D eigenvalue weighted by Gasteiger charge is 2.09. The van der Waals surface area contributed by atoms with E-state index < -0.39 is 0 Å². The van der Waals surface area contributed by atoms with Gasteiger partial charge < -0.3 is 0 Å². The van der Waals surface area contributed by atoms with Crippen molar-refractivity contribution in [1.29, 1.82) is 0 Å². The molecule has 0 fully saturated rings.